The third-order valence-electron chi connectivity index (χ3n) is 5.95. The summed E-state index contributed by atoms with van der Waals surface area (Å²) in [5.41, 5.74) is 3.88. The molecule has 2 fully saturated rings. The van der Waals surface area contributed by atoms with Gasteiger partial charge in [-0.15, -0.1) is 0 Å². The molecule has 2 aromatic rings. The number of anilines is 2. The van der Waals surface area contributed by atoms with Crippen LogP contribution in [0, 0.1) is 5.92 Å². The molecular weight excluding hydrogens is 420 g/mol. The molecule has 1 aliphatic carbocycles. The minimum Gasteiger partial charge on any atom is -0.340 e. The molecule has 0 spiro atoms. The van der Waals surface area contributed by atoms with Gasteiger partial charge in [0, 0.05) is 29.6 Å². The van der Waals surface area contributed by atoms with E-state index in [1.807, 2.05) is 61.5 Å². The monoisotopic (exact) mass is 446 g/mol. The average Bonchev–Trinajstić information content (AvgIpc) is 3.64. The Hall–Kier alpha value is -3.06. The van der Waals surface area contributed by atoms with Gasteiger partial charge in [0.2, 0.25) is 5.91 Å². The van der Waals surface area contributed by atoms with E-state index >= 15 is 0 Å². The Labute approximate surface area is 192 Å². The zero-order chi connectivity index (χ0) is 22.1. The molecule has 1 saturated heterocycles. The molecule has 0 aromatic heterocycles. The maximum Gasteiger partial charge on any atom is 0.255 e. The molecule has 2 amide bonds. The van der Waals surface area contributed by atoms with Gasteiger partial charge in [-0.05, 0) is 56.0 Å². The number of benzene rings is 2. The van der Waals surface area contributed by atoms with Gasteiger partial charge in [-0.1, -0.05) is 42.1 Å². The molecule has 1 atom stereocenters. The van der Waals surface area contributed by atoms with Crippen molar-refractivity contribution in [3.63, 3.8) is 0 Å². The number of carbonyl (C=O) groups is 2. The van der Waals surface area contributed by atoms with Crippen LogP contribution in [0.4, 0.5) is 11.4 Å². The lowest BCUT2D eigenvalue weighted by Gasteiger charge is -2.41. The highest BCUT2D eigenvalue weighted by Crippen LogP contribution is 2.40. The molecule has 1 unspecified atom stereocenters. The second-order valence-corrected chi connectivity index (χ2v) is 9.46. The molecule has 2 aliphatic heterocycles. The Balaban J connectivity index is 1.50. The summed E-state index contributed by atoms with van der Waals surface area (Å²) in [4.78, 5) is 32.8. The van der Waals surface area contributed by atoms with Gasteiger partial charge in [-0.25, -0.2) is 4.99 Å². The third-order valence-corrected chi connectivity index (χ3v) is 7.03. The van der Waals surface area contributed by atoms with Crippen molar-refractivity contribution in [2.24, 2.45) is 10.9 Å². The van der Waals surface area contributed by atoms with Gasteiger partial charge in [0.25, 0.3) is 5.91 Å². The van der Waals surface area contributed by atoms with Crippen molar-refractivity contribution in [3.05, 3.63) is 71.4 Å². The largest absolute Gasteiger partial charge is 0.340 e. The molecule has 2 N–H and O–H groups in total. The highest BCUT2D eigenvalue weighted by atomic mass is 32.2. The summed E-state index contributed by atoms with van der Waals surface area (Å²) in [5.74, 6) is 1.10. The van der Waals surface area contributed by atoms with E-state index in [2.05, 4.69) is 15.5 Å². The number of fused-ring (bicyclic) bond motifs is 1. The summed E-state index contributed by atoms with van der Waals surface area (Å²) in [6.07, 6.45) is 2.96. The van der Waals surface area contributed by atoms with Crippen molar-refractivity contribution in [2.75, 3.05) is 22.9 Å². The summed E-state index contributed by atoms with van der Waals surface area (Å²) in [6.45, 7) is 2.75. The molecule has 0 radical (unpaired) electrons. The highest BCUT2D eigenvalue weighted by Gasteiger charge is 2.37. The predicted octanol–water partition coefficient (Wildman–Crippen LogP) is 4.80. The topological polar surface area (TPSA) is 73.8 Å². The minimum atomic E-state index is -0.253. The van der Waals surface area contributed by atoms with Crippen LogP contribution in [0.3, 0.4) is 0 Å². The number of hydrogen-bond donors (Lipinski definition) is 2. The SMILES string of the molecule is CC1=C(C(=O)Nc2ccccc2)C(c2cccc(NC(=O)C3CC3)c2)N2CCCSC2=N1. The lowest BCUT2D eigenvalue weighted by molar-refractivity contribution is -0.117. The zero-order valence-electron chi connectivity index (χ0n) is 18.0. The second-order valence-electron chi connectivity index (χ2n) is 8.40. The lowest BCUT2D eigenvalue weighted by Crippen LogP contribution is -2.43. The van der Waals surface area contributed by atoms with Gasteiger partial charge < -0.3 is 15.5 Å². The number of hydrogen-bond acceptors (Lipinski definition) is 5. The Morgan fingerprint density at radius 1 is 1.03 bits per heavy atom. The number of nitrogens with one attached hydrogen (secondary N) is 2. The molecular formula is C25H26N4O2S. The van der Waals surface area contributed by atoms with Gasteiger partial charge in [0.1, 0.15) is 0 Å². The Morgan fingerprint density at radius 3 is 2.59 bits per heavy atom. The molecule has 5 rings (SSSR count). The summed E-state index contributed by atoms with van der Waals surface area (Å²) in [7, 11) is 0. The molecule has 32 heavy (non-hydrogen) atoms. The van der Waals surface area contributed by atoms with E-state index in [1.54, 1.807) is 11.8 Å². The van der Waals surface area contributed by atoms with Crippen LogP contribution in [0.1, 0.15) is 37.8 Å². The number of aliphatic imine (C=N–C) groups is 1. The van der Waals surface area contributed by atoms with Gasteiger partial charge in [0.15, 0.2) is 5.17 Å². The van der Waals surface area contributed by atoms with Crippen LogP contribution in [-0.2, 0) is 9.59 Å². The summed E-state index contributed by atoms with van der Waals surface area (Å²) in [5, 5.41) is 7.04. The normalized spacial score (nSPS) is 20.3. The molecule has 7 heteroatoms. The number of amides is 2. The summed E-state index contributed by atoms with van der Waals surface area (Å²) in [6, 6.07) is 17.1. The van der Waals surface area contributed by atoms with E-state index in [1.165, 1.54) is 0 Å². The first-order valence-electron chi connectivity index (χ1n) is 11.1. The first-order chi connectivity index (χ1) is 15.6. The number of para-hydroxylation sites is 1. The van der Waals surface area contributed by atoms with Crippen molar-refractivity contribution in [1.29, 1.82) is 0 Å². The Kier molecular flexibility index (Phi) is 5.74. The van der Waals surface area contributed by atoms with Crippen molar-refractivity contribution in [1.82, 2.24) is 4.90 Å². The van der Waals surface area contributed by atoms with E-state index in [0.29, 0.717) is 5.57 Å². The van der Waals surface area contributed by atoms with Crippen molar-refractivity contribution >= 4 is 40.1 Å². The van der Waals surface area contributed by atoms with Crippen LogP contribution >= 0.6 is 11.8 Å². The van der Waals surface area contributed by atoms with Gasteiger partial charge >= 0.3 is 0 Å². The van der Waals surface area contributed by atoms with Crippen molar-refractivity contribution in [3.8, 4) is 0 Å². The van der Waals surface area contributed by atoms with E-state index < -0.39 is 0 Å². The van der Waals surface area contributed by atoms with Crippen LogP contribution in [0.15, 0.2) is 70.9 Å². The van der Waals surface area contributed by atoms with Gasteiger partial charge in [-0.3, -0.25) is 9.59 Å². The molecule has 2 aromatic carbocycles. The van der Waals surface area contributed by atoms with Crippen LogP contribution in [0.2, 0.25) is 0 Å². The zero-order valence-corrected chi connectivity index (χ0v) is 18.8. The maximum absolute atomic E-state index is 13.5. The number of nitrogens with zero attached hydrogens (tertiary/aromatic N) is 2. The first-order valence-corrected chi connectivity index (χ1v) is 12.0. The predicted molar refractivity (Wildman–Crippen MR) is 130 cm³/mol. The van der Waals surface area contributed by atoms with Gasteiger partial charge in [0.05, 0.1) is 17.3 Å². The number of carbonyl (C=O) groups excluding carboxylic acids is 2. The van der Waals surface area contributed by atoms with Crippen LogP contribution in [0.5, 0.6) is 0 Å². The van der Waals surface area contributed by atoms with E-state index in [-0.39, 0.29) is 23.8 Å². The van der Waals surface area contributed by atoms with Crippen LogP contribution < -0.4 is 10.6 Å². The fourth-order valence-electron chi connectivity index (χ4n) is 4.20. The van der Waals surface area contributed by atoms with E-state index in [0.717, 1.165) is 59.4 Å². The molecule has 3 aliphatic rings. The number of thioether (sulfide) groups is 1. The van der Waals surface area contributed by atoms with Crippen LogP contribution in [0.25, 0.3) is 0 Å². The molecule has 2 heterocycles. The number of allylic oxidation sites excluding steroid dienone is 1. The summed E-state index contributed by atoms with van der Waals surface area (Å²) < 4.78 is 0. The Bertz CT molecular complexity index is 1110. The third kappa shape index (κ3) is 4.30. The standard InChI is InChI=1S/C25H26N4O2S/c1-16-21(24(31)27-19-8-3-2-4-9-19)22(29-13-6-14-32-25(29)26-16)18-7-5-10-20(15-18)28-23(30)17-11-12-17/h2-5,7-10,15,17,22H,6,11-14H2,1H3,(H,27,31)(H,28,30). The quantitative estimate of drug-likeness (QED) is 0.692. The smallest absolute Gasteiger partial charge is 0.255 e. The fraction of sp³-hybridized carbons (Fsp3) is 0.320. The first kappa shape index (κ1) is 20.8. The Morgan fingerprint density at radius 2 is 1.81 bits per heavy atom. The lowest BCUT2D eigenvalue weighted by atomic mass is 9.93. The van der Waals surface area contributed by atoms with E-state index in [9.17, 15) is 9.59 Å². The molecule has 0 bridgehead atoms. The van der Waals surface area contributed by atoms with E-state index in [4.69, 9.17) is 4.99 Å². The minimum absolute atomic E-state index is 0.0790. The van der Waals surface area contributed by atoms with Crippen molar-refractivity contribution < 1.29 is 9.59 Å². The number of amidine groups is 1. The highest BCUT2D eigenvalue weighted by molar-refractivity contribution is 8.13. The van der Waals surface area contributed by atoms with Gasteiger partial charge in [-0.2, -0.15) is 0 Å². The van der Waals surface area contributed by atoms with Crippen molar-refractivity contribution in [2.45, 2.75) is 32.2 Å². The maximum atomic E-state index is 13.5. The van der Waals surface area contributed by atoms with Crippen LogP contribution in [-0.4, -0.2) is 34.2 Å². The number of rotatable bonds is 5. The summed E-state index contributed by atoms with van der Waals surface area (Å²) >= 11 is 1.73. The average molecular weight is 447 g/mol. The molecule has 1 saturated carbocycles. The molecule has 6 nitrogen and oxygen atoms in total. The second kappa shape index (κ2) is 8.82. The fourth-order valence-corrected chi connectivity index (χ4v) is 5.22. The molecule has 164 valence electrons.